The number of amides is 2. The Bertz CT molecular complexity index is 877. The summed E-state index contributed by atoms with van der Waals surface area (Å²) in [4.78, 5) is 24.3. The summed E-state index contributed by atoms with van der Waals surface area (Å²) in [6.07, 6.45) is 3.03. The third-order valence-electron chi connectivity index (χ3n) is 5.67. The summed E-state index contributed by atoms with van der Waals surface area (Å²) in [5.74, 6) is 0.0732. The van der Waals surface area contributed by atoms with Gasteiger partial charge in [-0.25, -0.2) is 4.68 Å². The van der Waals surface area contributed by atoms with Gasteiger partial charge in [0.2, 0.25) is 11.8 Å². The number of aryl methyl sites for hydroxylation is 2. The first-order chi connectivity index (χ1) is 14.3. The lowest BCUT2D eigenvalue weighted by Gasteiger charge is -2.30. The second-order valence-electron chi connectivity index (χ2n) is 8.33. The number of carbonyl (C=O) groups excluding carboxylic acids is 2. The van der Waals surface area contributed by atoms with Gasteiger partial charge in [0.15, 0.2) is 6.29 Å². The van der Waals surface area contributed by atoms with Crippen LogP contribution in [-0.2, 0) is 22.4 Å². The van der Waals surface area contributed by atoms with Crippen LogP contribution in [0.2, 0.25) is 0 Å². The number of nitrogens with zero attached hydrogens (tertiary/aromatic N) is 2. The largest absolute Gasteiger partial charge is 0.354 e. The van der Waals surface area contributed by atoms with Gasteiger partial charge in [0.1, 0.15) is 0 Å². The number of hydrogen-bond acceptors (Lipinski definition) is 4. The monoisotopic (exact) mass is 411 g/mol. The van der Waals surface area contributed by atoms with Gasteiger partial charge in [-0.2, -0.15) is 5.10 Å². The zero-order chi connectivity index (χ0) is 21.7. The van der Waals surface area contributed by atoms with Crippen molar-refractivity contribution in [3.8, 4) is 0 Å². The third kappa shape index (κ3) is 5.69. The van der Waals surface area contributed by atoms with Crippen molar-refractivity contribution in [3.63, 3.8) is 0 Å². The first kappa shape index (κ1) is 22.0. The van der Waals surface area contributed by atoms with E-state index in [4.69, 9.17) is 0 Å². The summed E-state index contributed by atoms with van der Waals surface area (Å²) in [5, 5.41) is 14.0. The molecule has 0 bridgehead atoms. The van der Waals surface area contributed by atoms with E-state index in [1.165, 1.54) is 5.56 Å². The molecule has 3 rings (SSSR count). The van der Waals surface area contributed by atoms with Crippen LogP contribution in [0.1, 0.15) is 61.9 Å². The number of hydrogen-bond donors (Lipinski definition) is 3. The van der Waals surface area contributed by atoms with Crippen molar-refractivity contribution in [2.24, 2.45) is 0 Å². The van der Waals surface area contributed by atoms with Crippen molar-refractivity contribution in [2.75, 3.05) is 0 Å². The van der Waals surface area contributed by atoms with E-state index in [0.717, 1.165) is 29.8 Å². The maximum absolute atomic E-state index is 12.4. The van der Waals surface area contributed by atoms with Crippen molar-refractivity contribution < 1.29 is 9.59 Å². The van der Waals surface area contributed by atoms with Gasteiger partial charge in [-0.3, -0.25) is 14.9 Å². The molecule has 0 radical (unpaired) electrons. The average Bonchev–Trinajstić information content (AvgIpc) is 2.98. The summed E-state index contributed by atoms with van der Waals surface area (Å²) in [6, 6.07) is 10.5. The van der Waals surface area contributed by atoms with E-state index in [0.29, 0.717) is 19.3 Å². The fraction of sp³-hybridized carbons (Fsp3) is 0.522. The van der Waals surface area contributed by atoms with E-state index in [1.54, 1.807) is 0 Å². The number of benzene rings is 1. The molecule has 0 spiro atoms. The van der Waals surface area contributed by atoms with Crippen molar-refractivity contribution in [1.82, 2.24) is 25.7 Å². The molecule has 0 saturated carbocycles. The highest BCUT2D eigenvalue weighted by Gasteiger charge is 2.27. The molecule has 2 heterocycles. The first-order valence-corrected chi connectivity index (χ1v) is 10.8. The Morgan fingerprint density at radius 1 is 1.27 bits per heavy atom. The Labute approximate surface area is 178 Å². The molecule has 2 amide bonds. The number of nitrogens with one attached hydrogen (secondary N) is 3. The van der Waals surface area contributed by atoms with Gasteiger partial charge in [-0.15, -0.1) is 0 Å². The van der Waals surface area contributed by atoms with Gasteiger partial charge < -0.3 is 10.6 Å². The van der Waals surface area contributed by atoms with Gasteiger partial charge >= 0.3 is 0 Å². The Morgan fingerprint density at radius 2 is 2.00 bits per heavy atom. The van der Waals surface area contributed by atoms with Crippen LogP contribution in [-0.4, -0.2) is 33.7 Å². The molecule has 3 N–H and O–H groups in total. The molecule has 3 atom stereocenters. The molecule has 7 nitrogen and oxygen atoms in total. The maximum Gasteiger partial charge on any atom is 0.224 e. The van der Waals surface area contributed by atoms with Crippen LogP contribution in [0, 0.1) is 13.8 Å². The average molecular weight is 412 g/mol. The van der Waals surface area contributed by atoms with E-state index < -0.39 is 0 Å². The zero-order valence-electron chi connectivity index (χ0n) is 18.4. The van der Waals surface area contributed by atoms with Crippen molar-refractivity contribution in [3.05, 3.63) is 52.8 Å². The zero-order valence-corrected chi connectivity index (χ0v) is 18.4. The van der Waals surface area contributed by atoms with E-state index in [-0.39, 0.29) is 30.2 Å². The molecule has 1 saturated heterocycles. The van der Waals surface area contributed by atoms with E-state index >= 15 is 0 Å². The van der Waals surface area contributed by atoms with Gasteiger partial charge in [0.25, 0.3) is 0 Å². The molecule has 1 fully saturated rings. The minimum Gasteiger partial charge on any atom is -0.354 e. The van der Waals surface area contributed by atoms with Crippen molar-refractivity contribution >= 4 is 11.8 Å². The fourth-order valence-corrected chi connectivity index (χ4v) is 3.99. The predicted molar refractivity (Wildman–Crippen MR) is 117 cm³/mol. The van der Waals surface area contributed by atoms with E-state index in [1.807, 2.05) is 50.6 Å². The van der Waals surface area contributed by atoms with Crippen LogP contribution in [0.4, 0.5) is 0 Å². The Hall–Kier alpha value is -2.67. The first-order valence-electron chi connectivity index (χ1n) is 10.8. The maximum atomic E-state index is 12.4. The van der Waals surface area contributed by atoms with Crippen LogP contribution in [0.15, 0.2) is 30.3 Å². The standard InChI is InChI=1S/C23H33N5O2/c1-15(10-11-19-8-6-5-7-9-19)24-21(29)13-12-20-17(3)27-28(18(20)4)23-25-16(2)14-22(30)26-23/h5-9,15-16,23,25H,10-14H2,1-4H3,(H,24,29)(H,26,30). The summed E-state index contributed by atoms with van der Waals surface area (Å²) in [7, 11) is 0. The lowest BCUT2D eigenvalue weighted by molar-refractivity contribution is -0.125. The molecule has 2 aromatic rings. The molecule has 7 heteroatoms. The molecule has 0 aliphatic carbocycles. The van der Waals surface area contributed by atoms with Crippen LogP contribution in [0.3, 0.4) is 0 Å². The minimum atomic E-state index is -0.347. The quantitative estimate of drug-likeness (QED) is 0.623. The molecular weight excluding hydrogens is 378 g/mol. The lowest BCUT2D eigenvalue weighted by Crippen LogP contribution is -2.52. The van der Waals surface area contributed by atoms with Crippen LogP contribution < -0.4 is 16.0 Å². The van der Waals surface area contributed by atoms with E-state index in [2.05, 4.69) is 33.2 Å². The summed E-state index contributed by atoms with van der Waals surface area (Å²) in [6.45, 7) is 7.98. The van der Waals surface area contributed by atoms with Crippen LogP contribution in [0.5, 0.6) is 0 Å². The van der Waals surface area contributed by atoms with Gasteiger partial charge in [-0.05, 0) is 58.1 Å². The van der Waals surface area contributed by atoms with E-state index in [9.17, 15) is 9.59 Å². The molecule has 3 unspecified atom stereocenters. The van der Waals surface area contributed by atoms with Gasteiger partial charge in [0.05, 0.1) is 5.69 Å². The normalized spacial score (nSPS) is 19.9. The Morgan fingerprint density at radius 3 is 2.70 bits per heavy atom. The number of carbonyl (C=O) groups is 2. The Kier molecular flexibility index (Phi) is 7.26. The van der Waals surface area contributed by atoms with Gasteiger partial charge in [-0.1, -0.05) is 30.3 Å². The second kappa shape index (κ2) is 9.89. The molecular formula is C23H33N5O2. The molecule has 1 aromatic carbocycles. The number of rotatable bonds is 8. The van der Waals surface area contributed by atoms with Crippen LogP contribution in [0.25, 0.3) is 0 Å². The minimum absolute atomic E-state index is 0.0178. The summed E-state index contributed by atoms with van der Waals surface area (Å²) in [5.41, 5.74) is 4.22. The SMILES string of the molecule is Cc1nn(C2NC(=O)CC(C)N2)c(C)c1CCC(=O)NC(C)CCc1ccccc1. The molecule has 1 aliphatic heterocycles. The molecule has 1 aromatic heterocycles. The Balaban J connectivity index is 1.52. The lowest BCUT2D eigenvalue weighted by atomic mass is 10.1. The molecule has 1 aliphatic rings. The van der Waals surface area contributed by atoms with Crippen molar-refractivity contribution in [1.29, 1.82) is 0 Å². The summed E-state index contributed by atoms with van der Waals surface area (Å²) < 4.78 is 1.82. The van der Waals surface area contributed by atoms with Crippen molar-refractivity contribution in [2.45, 2.75) is 78.2 Å². The third-order valence-corrected chi connectivity index (χ3v) is 5.67. The highest BCUT2D eigenvalue weighted by molar-refractivity contribution is 5.77. The highest BCUT2D eigenvalue weighted by Crippen LogP contribution is 2.19. The van der Waals surface area contributed by atoms with Crippen LogP contribution >= 0.6 is 0 Å². The topological polar surface area (TPSA) is 88.1 Å². The predicted octanol–water partition coefficient (Wildman–Crippen LogP) is 2.52. The smallest absolute Gasteiger partial charge is 0.224 e. The van der Waals surface area contributed by atoms with Gasteiger partial charge in [0, 0.05) is 30.6 Å². The summed E-state index contributed by atoms with van der Waals surface area (Å²) >= 11 is 0. The highest BCUT2D eigenvalue weighted by atomic mass is 16.2. The second-order valence-corrected chi connectivity index (χ2v) is 8.33. The molecule has 30 heavy (non-hydrogen) atoms. The fourth-order valence-electron chi connectivity index (χ4n) is 3.99. The molecule has 162 valence electrons. The number of aromatic nitrogens is 2.